The van der Waals surface area contributed by atoms with Gasteiger partial charge in [0.2, 0.25) is 0 Å². The Balaban J connectivity index is 1.39. The maximum atomic E-state index is 6.29. The van der Waals surface area contributed by atoms with Crippen molar-refractivity contribution in [3.63, 3.8) is 0 Å². The quantitative estimate of drug-likeness (QED) is 0.784. The number of para-hydroxylation sites is 1. The van der Waals surface area contributed by atoms with Crippen LogP contribution in [0.2, 0.25) is 0 Å². The largest absolute Gasteiger partial charge is 0.494 e. The van der Waals surface area contributed by atoms with Gasteiger partial charge in [-0.05, 0) is 55.7 Å². The Kier molecular flexibility index (Phi) is 3.99. The lowest BCUT2D eigenvalue weighted by molar-refractivity contribution is 0.234. The van der Waals surface area contributed by atoms with Crippen molar-refractivity contribution in [2.24, 2.45) is 17.1 Å². The highest BCUT2D eigenvalue weighted by Crippen LogP contribution is 2.52. The summed E-state index contributed by atoms with van der Waals surface area (Å²) in [5.41, 5.74) is 6.61. The van der Waals surface area contributed by atoms with E-state index in [-0.39, 0.29) is 0 Å². The molecular weight excluding hydrogens is 248 g/mol. The number of nitrogens with two attached hydrogens (primary N) is 1. The molecule has 0 aromatic heterocycles. The molecule has 3 nitrogen and oxygen atoms in total. The second kappa shape index (κ2) is 5.74. The molecule has 3 N–H and O–H groups in total. The van der Waals surface area contributed by atoms with Crippen LogP contribution in [0.4, 0.5) is 0 Å². The average molecular weight is 274 g/mol. The minimum Gasteiger partial charge on any atom is -0.494 e. The summed E-state index contributed by atoms with van der Waals surface area (Å²) in [7, 11) is 0. The van der Waals surface area contributed by atoms with Crippen LogP contribution < -0.4 is 15.8 Å². The van der Waals surface area contributed by atoms with Gasteiger partial charge in [0.1, 0.15) is 5.75 Å². The highest BCUT2D eigenvalue weighted by molar-refractivity contribution is 5.20. The lowest BCUT2D eigenvalue weighted by Crippen LogP contribution is -2.46. The molecule has 3 rings (SSSR count). The van der Waals surface area contributed by atoms with Crippen LogP contribution in [0, 0.1) is 11.3 Å². The van der Waals surface area contributed by atoms with Gasteiger partial charge in [-0.3, -0.25) is 0 Å². The zero-order chi connectivity index (χ0) is 14.0. The first kappa shape index (κ1) is 13.9. The van der Waals surface area contributed by atoms with E-state index in [9.17, 15) is 0 Å². The third kappa shape index (κ3) is 2.57. The third-order valence-electron chi connectivity index (χ3n) is 5.34. The maximum Gasteiger partial charge on any atom is 0.119 e. The fraction of sp³-hybridized carbons (Fsp3) is 0.647. The highest BCUT2D eigenvalue weighted by Gasteiger charge is 2.54. The molecule has 110 valence electrons. The van der Waals surface area contributed by atoms with Crippen LogP contribution >= 0.6 is 0 Å². The number of fused-ring (bicyclic) bond motifs is 2. The van der Waals surface area contributed by atoms with E-state index in [1.54, 1.807) is 0 Å². The van der Waals surface area contributed by atoms with Crippen molar-refractivity contribution in [3.05, 3.63) is 30.3 Å². The molecule has 1 aromatic carbocycles. The van der Waals surface area contributed by atoms with E-state index < -0.39 is 0 Å². The molecule has 2 saturated carbocycles. The molecule has 0 aliphatic heterocycles. The Morgan fingerprint density at radius 3 is 2.80 bits per heavy atom. The molecule has 2 fully saturated rings. The number of hydrogen-bond acceptors (Lipinski definition) is 3. The summed E-state index contributed by atoms with van der Waals surface area (Å²) < 4.78 is 5.72. The van der Waals surface area contributed by atoms with Crippen LogP contribution in [0.15, 0.2) is 30.3 Å². The summed E-state index contributed by atoms with van der Waals surface area (Å²) in [6.07, 6.45) is 4.89. The smallest absolute Gasteiger partial charge is 0.119 e. The van der Waals surface area contributed by atoms with Crippen LogP contribution in [0.5, 0.6) is 5.75 Å². The molecule has 4 atom stereocenters. The van der Waals surface area contributed by atoms with Gasteiger partial charge in [-0.1, -0.05) is 25.1 Å². The van der Waals surface area contributed by atoms with Crippen LogP contribution in [0.25, 0.3) is 0 Å². The monoisotopic (exact) mass is 274 g/mol. The second-order valence-corrected chi connectivity index (χ2v) is 6.59. The van der Waals surface area contributed by atoms with E-state index in [4.69, 9.17) is 10.5 Å². The molecule has 0 radical (unpaired) electrons. The predicted molar refractivity (Wildman–Crippen MR) is 81.8 cm³/mol. The van der Waals surface area contributed by atoms with Crippen molar-refractivity contribution in [2.45, 2.75) is 44.7 Å². The zero-order valence-corrected chi connectivity index (χ0v) is 12.3. The van der Waals surface area contributed by atoms with Crippen molar-refractivity contribution < 1.29 is 4.74 Å². The molecule has 2 bridgehead atoms. The van der Waals surface area contributed by atoms with Crippen LogP contribution in [0.3, 0.4) is 0 Å². The molecule has 2 aliphatic carbocycles. The summed E-state index contributed by atoms with van der Waals surface area (Å²) in [6, 6.07) is 11.0. The summed E-state index contributed by atoms with van der Waals surface area (Å²) in [5.74, 6) is 1.76. The zero-order valence-electron chi connectivity index (χ0n) is 12.3. The van der Waals surface area contributed by atoms with Crippen molar-refractivity contribution in [1.29, 1.82) is 0 Å². The van der Waals surface area contributed by atoms with E-state index in [1.165, 1.54) is 19.3 Å². The van der Waals surface area contributed by atoms with Crippen molar-refractivity contribution in [3.8, 4) is 5.75 Å². The molecule has 20 heavy (non-hydrogen) atoms. The molecule has 2 aliphatic rings. The Labute approximate surface area is 121 Å². The van der Waals surface area contributed by atoms with E-state index in [1.807, 2.05) is 30.3 Å². The standard InChI is InChI=1S/C17H26N2O/c1-17-9-8-13(12-15(17)18)16(17)19-10-5-11-20-14-6-3-2-4-7-14/h2-4,6-7,13,15-16,19H,5,8-12,18H2,1H3. The normalized spacial score (nSPS) is 35.4. The van der Waals surface area contributed by atoms with Gasteiger partial charge in [0.25, 0.3) is 0 Å². The average Bonchev–Trinajstić information content (AvgIpc) is 2.89. The lowest BCUT2D eigenvalue weighted by atomic mass is 9.81. The first-order valence-electron chi connectivity index (χ1n) is 7.87. The third-order valence-corrected chi connectivity index (χ3v) is 5.34. The maximum absolute atomic E-state index is 6.29. The van der Waals surface area contributed by atoms with Gasteiger partial charge in [-0.25, -0.2) is 0 Å². The molecule has 0 amide bonds. The van der Waals surface area contributed by atoms with Gasteiger partial charge in [0, 0.05) is 12.1 Å². The summed E-state index contributed by atoms with van der Waals surface area (Å²) >= 11 is 0. The molecule has 0 heterocycles. The fourth-order valence-corrected chi connectivity index (χ4v) is 4.06. The Morgan fingerprint density at radius 2 is 2.15 bits per heavy atom. The summed E-state index contributed by atoms with van der Waals surface area (Å²) in [6.45, 7) is 4.16. The minimum absolute atomic E-state index is 0.324. The fourth-order valence-electron chi connectivity index (χ4n) is 4.06. The number of rotatable bonds is 6. The molecule has 1 aromatic rings. The summed E-state index contributed by atoms with van der Waals surface area (Å²) in [5, 5.41) is 3.74. The molecular formula is C17H26N2O. The van der Waals surface area contributed by atoms with Crippen molar-refractivity contribution in [1.82, 2.24) is 5.32 Å². The molecule has 0 saturated heterocycles. The molecule has 0 spiro atoms. The van der Waals surface area contributed by atoms with Crippen LogP contribution in [0.1, 0.15) is 32.6 Å². The van der Waals surface area contributed by atoms with Gasteiger partial charge >= 0.3 is 0 Å². The topological polar surface area (TPSA) is 47.3 Å². The van der Waals surface area contributed by atoms with E-state index >= 15 is 0 Å². The first-order chi connectivity index (χ1) is 9.70. The van der Waals surface area contributed by atoms with Crippen LogP contribution in [-0.4, -0.2) is 25.2 Å². The first-order valence-corrected chi connectivity index (χ1v) is 7.87. The Bertz CT molecular complexity index is 436. The number of nitrogens with one attached hydrogen (secondary N) is 1. The number of benzene rings is 1. The molecule has 4 unspecified atom stereocenters. The summed E-state index contributed by atoms with van der Waals surface area (Å²) in [4.78, 5) is 0. The minimum atomic E-state index is 0.324. The van der Waals surface area contributed by atoms with Gasteiger partial charge in [-0.2, -0.15) is 0 Å². The van der Waals surface area contributed by atoms with E-state index in [0.717, 1.165) is 31.2 Å². The van der Waals surface area contributed by atoms with Gasteiger partial charge in [0.05, 0.1) is 6.61 Å². The second-order valence-electron chi connectivity index (χ2n) is 6.59. The SMILES string of the molecule is CC12CCC(CC1N)C2NCCCOc1ccccc1. The van der Waals surface area contributed by atoms with Gasteiger partial charge < -0.3 is 15.8 Å². The van der Waals surface area contributed by atoms with Crippen molar-refractivity contribution >= 4 is 0 Å². The van der Waals surface area contributed by atoms with E-state index in [0.29, 0.717) is 17.5 Å². The predicted octanol–water partition coefficient (Wildman–Crippen LogP) is 2.56. The Morgan fingerprint density at radius 1 is 1.35 bits per heavy atom. The number of ether oxygens (including phenoxy) is 1. The highest BCUT2D eigenvalue weighted by atomic mass is 16.5. The van der Waals surface area contributed by atoms with Crippen LogP contribution in [-0.2, 0) is 0 Å². The van der Waals surface area contributed by atoms with E-state index in [2.05, 4.69) is 12.2 Å². The molecule has 3 heteroatoms. The number of hydrogen-bond donors (Lipinski definition) is 2. The van der Waals surface area contributed by atoms with Gasteiger partial charge in [-0.15, -0.1) is 0 Å². The van der Waals surface area contributed by atoms with Crippen molar-refractivity contribution in [2.75, 3.05) is 13.2 Å². The van der Waals surface area contributed by atoms with Gasteiger partial charge in [0.15, 0.2) is 0 Å². The lowest BCUT2D eigenvalue weighted by Gasteiger charge is -2.32. The Hall–Kier alpha value is -1.06.